The summed E-state index contributed by atoms with van der Waals surface area (Å²) in [6, 6.07) is 11.7. The summed E-state index contributed by atoms with van der Waals surface area (Å²) in [4.78, 5) is 28.8. The molecule has 13 heteroatoms. The molecule has 5 aromatic rings. The molecule has 228 valence electrons. The Labute approximate surface area is 258 Å². The number of hydrogen-bond acceptors (Lipinski definition) is 9. The zero-order chi connectivity index (χ0) is 30.3. The van der Waals surface area contributed by atoms with Crippen LogP contribution in [0.3, 0.4) is 0 Å². The van der Waals surface area contributed by atoms with Crippen molar-refractivity contribution in [2.24, 2.45) is 0 Å². The lowest BCUT2D eigenvalue weighted by Crippen LogP contribution is -2.42. The van der Waals surface area contributed by atoms with Crippen molar-refractivity contribution < 1.29 is 27.2 Å². The molecule has 1 saturated heterocycles. The summed E-state index contributed by atoms with van der Waals surface area (Å²) in [5, 5.41) is 0.945. The minimum absolute atomic E-state index is 0.0486. The fraction of sp³-hybridized carbons (Fsp3) is 0.355. The van der Waals surface area contributed by atoms with Crippen molar-refractivity contribution >= 4 is 55.5 Å². The third-order valence-electron chi connectivity index (χ3n) is 8.60. The van der Waals surface area contributed by atoms with Gasteiger partial charge in [0.15, 0.2) is 0 Å². The molecule has 11 nitrogen and oxygen atoms in total. The van der Waals surface area contributed by atoms with E-state index in [1.807, 2.05) is 16.7 Å². The molecule has 0 atom stereocenters. The molecule has 0 radical (unpaired) electrons. The Morgan fingerprint density at radius 3 is 2.61 bits per heavy atom. The first-order valence-corrected chi connectivity index (χ1v) is 16.9. The summed E-state index contributed by atoms with van der Waals surface area (Å²) in [6.45, 7) is 2.07. The zero-order valence-electron chi connectivity index (χ0n) is 23.9. The fourth-order valence-corrected chi connectivity index (χ4v) is 8.22. The molecule has 1 N–H and O–H groups in total. The Morgan fingerprint density at radius 1 is 1.02 bits per heavy atom. The van der Waals surface area contributed by atoms with Crippen molar-refractivity contribution in [3.05, 3.63) is 66.1 Å². The first kappa shape index (κ1) is 28.7. The fourth-order valence-electron chi connectivity index (χ4n) is 6.48. The van der Waals surface area contributed by atoms with E-state index in [1.54, 1.807) is 41.7 Å². The van der Waals surface area contributed by atoms with Crippen molar-refractivity contribution in [3.63, 3.8) is 0 Å². The van der Waals surface area contributed by atoms with Gasteiger partial charge in [-0.3, -0.25) is 9.59 Å². The van der Waals surface area contributed by atoms with Gasteiger partial charge in [-0.05, 0) is 54.7 Å². The van der Waals surface area contributed by atoms with E-state index in [2.05, 4.69) is 13.5 Å². The van der Waals surface area contributed by atoms with Gasteiger partial charge in [0.25, 0.3) is 15.9 Å². The zero-order valence-corrected chi connectivity index (χ0v) is 25.5. The second-order valence-electron chi connectivity index (χ2n) is 11.2. The molecule has 0 unspecified atom stereocenters. The van der Waals surface area contributed by atoms with Crippen molar-refractivity contribution in [2.45, 2.75) is 49.5 Å². The van der Waals surface area contributed by atoms with E-state index in [1.165, 1.54) is 12.5 Å². The van der Waals surface area contributed by atoms with Crippen LogP contribution in [0.5, 0.6) is 0 Å². The van der Waals surface area contributed by atoms with Gasteiger partial charge in [0, 0.05) is 29.6 Å². The van der Waals surface area contributed by atoms with Gasteiger partial charge in [0.2, 0.25) is 5.91 Å². The summed E-state index contributed by atoms with van der Waals surface area (Å²) in [5.74, 6) is -0.542. The van der Waals surface area contributed by atoms with E-state index in [0.717, 1.165) is 59.6 Å². The van der Waals surface area contributed by atoms with Gasteiger partial charge in [-0.1, -0.05) is 31.4 Å². The van der Waals surface area contributed by atoms with Gasteiger partial charge in [-0.15, -0.1) is 0 Å². The highest BCUT2D eigenvalue weighted by molar-refractivity contribution is 7.90. The largest absolute Gasteiger partial charge is 0.472 e. The number of sulfonamides is 1. The Bertz CT molecular complexity index is 1950. The number of amides is 2. The quantitative estimate of drug-likeness (QED) is 0.266. The molecule has 7 rings (SSSR count). The van der Waals surface area contributed by atoms with E-state index >= 15 is 0 Å². The predicted molar refractivity (Wildman–Crippen MR) is 165 cm³/mol. The first-order valence-electron chi connectivity index (χ1n) is 14.7. The van der Waals surface area contributed by atoms with Gasteiger partial charge < -0.3 is 18.6 Å². The molecule has 2 amide bonds. The molecule has 1 saturated carbocycles. The van der Waals surface area contributed by atoms with Crippen LogP contribution in [0.4, 0.5) is 0 Å². The average Bonchev–Trinajstić information content (AvgIpc) is 3.81. The standard InChI is InChI=1S/C31H31N5O6S2/c37-27(35-12-15-41-16-13-35)18-36-25-17-21(31(38)34-44(39,40)26-8-4-7-24-29(26)33-43-32-24)9-10-23(25)28(20-5-2-1-3-6-20)30(36)22-11-14-42-19-22/h4,7-11,14,17,19-20H,1-3,5-6,12-13,15-16,18H2,(H,34,38). The number of hydrogen-bond donors (Lipinski definition) is 1. The van der Waals surface area contributed by atoms with Crippen LogP contribution in [-0.4, -0.2) is 64.7 Å². The van der Waals surface area contributed by atoms with E-state index < -0.39 is 15.9 Å². The lowest BCUT2D eigenvalue weighted by molar-refractivity contribution is -0.135. The Morgan fingerprint density at radius 2 is 1.84 bits per heavy atom. The van der Waals surface area contributed by atoms with Gasteiger partial charge in [-0.25, -0.2) is 13.1 Å². The maximum Gasteiger partial charge on any atom is 0.266 e. The van der Waals surface area contributed by atoms with Crippen LogP contribution in [-0.2, 0) is 26.1 Å². The Hall–Kier alpha value is -4.07. The summed E-state index contributed by atoms with van der Waals surface area (Å²) in [5.41, 5.74) is 4.40. The van der Waals surface area contributed by atoms with Crippen LogP contribution in [0.2, 0.25) is 0 Å². The number of carbonyl (C=O) groups excluding carboxylic acids is 2. The predicted octanol–water partition coefficient (Wildman–Crippen LogP) is 4.93. The molecule has 2 aromatic carbocycles. The van der Waals surface area contributed by atoms with Crippen LogP contribution >= 0.6 is 11.7 Å². The van der Waals surface area contributed by atoms with Gasteiger partial charge in [0.05, 0.1) is 48.7 Å². The summed E-state index contributed by atoms with van der Waals surface area (Å²) >= 11 is 0.906. The number of carbonyl (C=O) groups is 2. The SMILES string of the molecule is O=C(NS(=O)(=O)c1cccc2nsnc12)c1ccc2c(C3CCCCC3)c(-c3ccoc3)n(CC(=O)N3CCOCC3)c2c1. The number of morpholine rings is 1. The number of nitrogens with zero attached hydrogens (tertiary/aromatic N) is 4. The molecule has 0 spiro atoms. The molecule has 1 aliphatic heterocycles. The summed E-state index contributed by atoms with van der Waals surface area (Å²) in [6.07, 6.45) is 8.79. The number of nitrogens with one attached hydrogen (secondary N) is 1. The highest BCUT2D eigenvalue weighted by Gasteiger charge is 2.30. The molecule has 4 heterocycles. The lowest BCUT2D eigenvalue weighted by Gasteiger charge is -2.27. The third kappa shape index (κ3) is 5.29. The van der Waals surface area contributed by atoms with E-state index in [-0.39, 0.29) is 34.3 Å². The van der Waals surface area contributed by atoms with Crippen LogP contribution in [0.1, 0.15) is 53.9 Å². The molecule has 3 aromatic heterocycles. The minimum Gasteiger partial charge on any atom is -0.472 e. The molecular weight excluding hydrogens is 603 g/mol. The van der Waals surface area contributed by atoms with Crippen LogP contribution in [0, 0.1) is 0 Å². The Kier molecular flexibility index (Phi) is 7.69. The number of ether oxygens (including phenoxy) is 1. The van der Waals surface area contributed by atoms with Crippen molar-refractivity contribution in [1.29, 1.82) is 0 Å². The second-order valence-corrected chi connectivity index (χ2v) is 13.4. The van der Waals surface area contributed by atoms with Crippen LogP contribution in [0.25, 0.3) is 33.2 Å². The Balaban J connectivity index is 1.32. The molecule has 2 fully saturated rings. The number of benzene rings is 2. The lowest BCUT2D eigenvalue weighted by atomic mass is 9.82. The number of aromatic nitrogens is 3. The van der Waals surface area contributed by atoms with Gasteiger partial charge in [0.1, 0.15) is 22.5 Å². The number of fused-ring (bicyclic) bond motifs is 2. The second kappa shape index (κ2) is 11.8. The topological polar surface area (TPSA) is 137 Å². The monoisotopic (exact) mass is 633 g/mol. The first-order chi connectivity index (χ1) is 21.4. The van der Waals surface area contributed by atoms with Crippen molar-refractivity contribution in [2.75, 3.05) is 26.3 Å². The number of rotatable bonds is 7. The third-order valence-corrected chi connectivity index (χ3v) is 10.5. The normalized spacial score (nSPS) is 16.5. The highest BCUT2D eigenvalue weighted by Crippen LogP contribution is 2.44. The molecule has 1 aliphatic carbocycles. The number of furan rings is 1. The summed E-state index contributed by atoms with van der Waals surface area (Å²) < 4.78 is 50.0. The van der Waals surface area contributed by atoms with Gasteiger partial charge >= 0.3 is 0 Å². The average molecular weight is 634 g/mol. The minimum atomic E-state index is -4.24. The maximum absolute atomic E-state index is 13.6. The maximum atomic E-state index is 13.6. The van der Waals surface area contributed by atoms with Crippen LogP contribution < -0.4 is 4.72 Å². The van der Waals surface area contributed by atoms with E-state index in [9.17, 15) is 18.0 Å². The smallest absolute Gasteiger partial charge is 0.266 e. The van der Waals surface area contributed by atoms with E-state index in [0.29, 0.717) is 37.3 Å². The molecule has 2 aliphatic rings. The van der Waals surface area contributed by atoms with Crippen LogP contribution in [0.15, 0.2) is 64.3 Å². The van der Waals surface area contributed by atoms with E-state index in [4.69, 9.17) is 9.15 Å². The van der Waals surface area contributed by atoms with Crippen molar-refractivity contribution in [3.8, 4) is 11.3 Å². The molecule has 44 heavy (non-hydrogen) atoms. The highest BCUT2D eigenvalue weighted by atomic mass is 32.2. The van der Waals surface area contributed by atoms with Crippen molar-refractivity contribution in [1.82, 2.24) is 22.9 Å². The molecular formula is C31H31N5O6S2. The summed E-state index contributed by atoms with van der Waals surface area (Å²) in [7, 11) is -4.24. The molecule has 0 bridgehead atoms. The van der Waals surface area contributed by atoms with Gasteiger partial charge in [-0.2, -0.15) is 8.75 Å².